The number of rotatable bonds is 0. The minimum absolute atomic E-state index is 0.531. The molecule has 0 aromatic heterocycles. The van der Waals surface area contributed by atoms with Crippen LogP contribution in [0.1, 0.15) is 0 Å². The fraction of sp³-hybridized carbons (Fsp3) is 0.333. The molecule has 8 heteroatoms. The molecule has 0 aromatic carbocycles. The standard InChI is InChI=1S/C4H6N2O2.C2H2O4/c7-3-4(8)6-2-1-5-3;3-1(4)2(5)6/h1-2H2,(H,5,7)(H,6,8);(H,3,4)(H,5,6). The molecule has 1 fully saturated rings. The van der Waals surface area contributed by atoms with E-state index in [4.69, 9.17) is 19.8 Å². The van der Waals surface area contributed by atoms with E-state index in [1.165, 1.54) is 0 Å². The third kappa shape index (κ3) is 4.70. The maximum atomic E-state index is 10.3. The van der Waals surface area contributed by atoms with Crippen molar-refractivity contribution < 1.29 is 29.4 Å². The first-order chi connectivity index (χ1) is 6.45. The number of carbonyl (C=O) groups excluding carboxylic acids is 2. The summed E-state index contributed by atoms with van der Waals surface area (Å²) < 4.78 is 0. The normalized spacial score (nSPS) is 14.3. The van der Waals surface area contributed by atoms with Crippen LogP contribution in [0.25, 0.3) is 0 Å². The van der Waals surface area contributed by atoms with Crippen LogP contribution in [0.3, 0.4) is 0 Å². The Morgan fingerprint density at radius 3 is 1.36 bits per heavy atom. The molecule has 1 aliphatic rings. The van der Waals surface area contributed by atoms with Gasteiger partial charge in [0.05, 0.1) is 0 Å². The summed E-state index contributed by atoms with van der Waals surface area (Å²) in [4.78, 5) is 38.7. The Morgan fingerprint density at radius 1 is 0.929 bits per heavy atom. The molecule has 0 saturated carbocycles. The van der Waals surface area contributed by atoms with Crippen molar-refractivity contribution >= 4 is 23.8 Å². The smallest absolute Gasteiger partial charge is 0.414 e. The van der Waals surface area contributed by atoms with Crippen LogP contribution in [-0.4, -0.2) is 47.1 Å². The molecule has 8 nitrogen and oxygen atoms in total. The van der Waals surface area contributed by atoms with Gasteiger partial charge < -0.3 is 20.8 Å². The van der Waals surface area contributed by atoms with Crippen molar-refractivity contribution in [3.63, 3.8) is 0 Å². The minimum Gasteiger partial charge on any atom is -0.473 e. The molecule has 0 radical (unpaired) electrons. The molecule has 0 aliphatic carbocycles. The van der Waals surface area contributed by atoms with Gasteiger partial charge in [0.1, 0.15) is 0 Å². The number of hydrogen-bond donors (Lipinski definition) is 4. The molecule has 1 aliphatic heterocycles. The highest BCUT2D eigenvalue weighted by Crippen LogP contribution is 1.73. The Balaban J connectivity index is 0.000000255. The van der Waals surface area contributed by atoms with Crippen LogP contribution >= 0.6 is 0 Å². The van der Waals surface area contributed by atoms with Gasteiger partial charge >= 0.3 is 23.8 Å². The first kappa shape index (κ1) is 11.9. The van der Waals surface area contributed by atoms with Gasteiger partial charge in [0, 0.05) is 13.1 Å². The maximum Gasteiger partial charge on any atom is 0.414 e. The molecule has 78 valence electrons. The number of carbonyl (C=O) groups is 4. The number of aliphatic carboxylic acids is 2. The van der Waals surface area contributed by atoms with E-state index in [2.05, 4.69) is 10.6 Å². The van der Waals surface area contributed by atoms with E-state index in [9.17, 15) is 9.59 Å². The zero-order valence-corrected chi connectivity index (χ0v) is 6.94. The van der Waals surface area contributed by atoms with Crippen LogP contribution in [0, 0.1) is 0 Å². The number of carboxylic acid groups (broad SMARTS) is 2. The molecule has 2 amide bonds. The molecule has 0 bridgehead atoms. The molecular weight excluding hydrogens is 196 g/mol. The predicted molar refractivity (Wildman–Crippen MR) is 41.3 cm³/mol. The van der Waals surface area contributed by atoms with Crippen LogP contribution in [0.2, 0.25) is 0 Å². The monoisotopic (exact) mass is 204 g/mol. The molecule has 1 heterocycles. The topological polar surface area (TPSA) is 133 Å². The summed E-state index contributed by atoms with van der Waals surface area (Å²) in [6, 6.07) is 0. The van der Waals surface area contributed by atoms with Crippen molar-refractivity contribution in [3.05, 3.63) is 0 Å². The van der Waals surface area contributed by atoms with E-state index in [1.54, 1.807) is 0 Å². The number of piperazine rings is 1. The fourth-order valence-corrected chi connectivity index (χ4v) is 0.513. The lowest BCUT2D eigenvalue weighted by atomic mass is 10.4. The first-order valence-electron chi connectivity index (χ1n) is 3.47. The lowest BCUT2D eigenvalue weighted by molar-refractivity contribution is -0.159. The predicted octanol–water partition coefficient (Wildman–Crippen LogP) is -2.61. The molecule has 1 rings (SSSR count). The molecular formula is C6H8N2O6. The van der Waals surface area contributed by atoms with Crippen LogP contribution in [0.4, 0.5) is 0 Å². The van der Waals surface area contributed by atoms with E-state index >= 15 is 0 Å². The van der Waals surface area contributed by atoms with E-state index in [0.29, 0.717) is 13.1 Å². The van der Waals surface area contributed by atoms with Crippen LogP contribution in [-0.2, 0) is 19.2 Å². The van der Waals surface area contributed by atoms with Crippen molar-refractivity contribution in [3.8, 4) is 0 Å². The summed E-state index contributed by atoms with van der Waals surface area (Å²) in [5, 5.41) is 19.5. The van der Waals surface area contributed by atoms with Crippen LogP contribution in [0.5, 0.6) is 0 Å². The summed E-state index contributed by atoms with van der Waals surface area (Å²) in [5.41, 5.74) is 0. The number of carboxylic acids is 2. The van der Waals surface area contributed by atoms with E-state index in [-0.39, 0.29) is 0 Å². The van der Waals surface area contributed by atoms with Crippen molar-refractivity contribution in [1.29, 1.82) is 0 Å². The largest absolute Gasteiger partial charge is 0.473 e. The quantitative estimate of drug-likeness (QED) is 0.319. The summed E-state index contributed by atoms with van der Waals surface area (Å²) in [6.45, 7) is 1.09. The van der Waals surface area contributed by atoms with Crippen molar-refractivity contribution in [2.45, 2.75) is 0 Å². The lowest BCUT2D eigenvalue weighted by Crippen LogP contribution is -2.49. The average molecular weight is 204 g/mol. The Hall–Kier alpha value is -2.12. The highest BCUT2D eigenvalue weighted by molar-refractivity contribution is 6.35. The van der Waals surface area contributed by atoms with Crippen LogP contribution in [0.15, 0.2) is 0 Å². The van der Waals surface area contributed by atoms with Gasteiger partial charge in [0.15, 0.2) is 0 Å². The van der Waals surface area contributed by atoms with E-state index in [0.717, 1.165) is 0 Å². The Labute approximate surface area is 77.9 Å². The number of nitrogens with one attached hydrogen (secondary N) is 2. The molecule has 4 N–H and O–H groups in total. The first-order valence-corrected chi connectivity index (χ1v) is 3.47. The highest BCUT2D eigenvalue weighted by atomic mass is 16.4. The van der Waals surface area contributed by atoms with Gasteiger partial charge in [-0.3, -0.25) is 9.59 Å². The van der Waals surface area contributed by atoms with Crippen LogP contribution < -0.4 is 10.6 Å². The third-order valence-corrected chi connectivity index (χ3v) is 1.09. The zero-order chi connectivity index (χ0) is 11.1. The van der Waals surface area contributed by atoms with Gasteiger partial charge in [-0.15, -0.1) is 0 Å². The van der Waals surface area contributed by atoms with Gasteiger partial charge in [-0.25, -0.2) is 9.59 Å². The summed E-state index contributed by atoms with van der Waals surface area (Å²) in [6.07, 6.45) is 0. The summed E-state index contributed by atoms with van der Waals surface area (Å²) >= 11 is 0. The van der Waals surface area contributed by atoms with Gasteiger partial charge in [0.25, 0.3) is 0 Å². The molecule has 0 unspecified atom stereocenters. The fourth-order valence-electron chi connectivity index (χ4n) is 0.513. The maximum absolute atomic E-state index is 10.3. The second kappa shape index (κ2) is 5.51. The van der Waals surface area contributed by atoms with Gasteiger partial charge in [-0.2, -0.15) is 0 Å². The minimum atomic E-state index is -1.82. The zero-order valence-electron chi connectivity index (χ0n) is 6.94. The summed E-state index contributed by atoms with van der Waals surface area (Å²) in [5.74, 6) is -4.71. The Bertz CT molecular complexity index is 245. The van der Waals surface area contributed by atoms with E-state index in [1.807, 2.05) is 0 Å². The Morgan fingerprint density at radius 2 is 1.21 bits per heavy atom. The van der Waals surface area contributed by atoms with Gasteiger partial charge in [0.2, 0.25) is 0 Å². The number of amides is 2. The Kier molecular flexibility index (Phi) is 4.68. The third-order valence-electron chi connectivity index (χ3n) is 1.09. The molecule has 0 spiro atoms. The molecule has 1 saturated heterocycles. The average Bonchev–Trinajstić information content (AvgIpc) is 2.11. The van der Waals surface area contributed by atoms with Gasteiger partial charge in [-0.05, 0) is 0 Å². The van der Waals surface area contributed by atoms with Gasteiger partial charge in [-0.1, -0.05) is 0 Å². The lowest BCUT2D eigenvalue weighted by Gasteiger charge is -2.10. The summed E-state index contributed by atoms with van der Waals surface area (Å²) in [7, 11) is 0. The molecule has 0 aromatic rings. The second-order valence-electron chi connectivity index (χ2n) is 2.12. The van der Waals surface area contributed by atoms with Crippen molar-refractivity contribution in [2.24, 2.45) is 0 Å². The van der Waals surface area contributed by atoms with E-state index < -0.39 is 23.8 Å². The number of hydrogen-bond acceptors (Lipinski definition) is 4. The molecule has 14 heavy (non-hydrogen) atoms. The molecule has 0 atom stereocenters. The van der Waals surface area contributed by atoms with Crippen molar-refractivity contribution in [1.82, 2.24) is 10.6 Å². The SMILES string of the molecule is O=C(O)C(=O)O.O=C1NCCNC1=O. The second-order valence-corrected chi connectivity index (χ2v) is 2.12. The van der Waals surface area contributed by atoms with Crippen molar-refractivity contribution in [2.75, 3.05) is 13.1 Å². The highest BCUT2D eigenvalue weighted by Gasteiger charge is 2.15.